The van der Waals surface area contributed by atoms with Gasteiger partial charge in [-0.3, -0.25) is 0 Å². The van der Waals surface area contributed by atoms with Crippen molar-refractivity contribution in [3.63, 3.8) is 0 Å². The van der Waals surface area contributed by atoms with Gasteiger partial charge in [-0.15, -0.1) is 0 Å². The smallest absolute Gasteiger partial charge is 0.0380 e. The monoisotopic (exact) mass is 201 g/mol. The Balaban J connectivity index is 2.75. The fourth-order valence-corrected chi connectivity index (χ4v) is 1.34. The van der Waals surface area contributed by atoms with Crippen molar-refractivity contribution in [3.05, 3.63) is 54.2 Å². The van der Waals surface area contributed by atoms with Gasteiger partial charge in [0, 0.05) is 5.70 Å². The molecular weight excluding hydrogens is 182 g/mol. The van der Waals surface area contributed by atoms with Gasteiger partial charge in [-0.1, -0.05) is 50.8 Å². The van der Waals surface area contributed by atoms with Crippen molar-refractivity contribution < 1.29 is 0 Å². The minimum atomic E-state index is 0.579. The number of allylic oxidation sites excluding steroid dienone is 1. The van der Waals surface area contributed by atoms with Gasteiger partial charge in [0.05, 0.1) is 0 Å². The molecule has 0 atom stereocenters. The summed E-state index contributed by atoms with van der Waals surface area (Å²) in [6.45, 7) is 10.3. The maximum Gasteiger partial charge on any atom is 0.0380 e. The van der Waals surface area contributed by atoms with E-state index >= 15 is 0 Å². The summed E-state index contributed by atoms with van der Waals surface area (Å²) < 4.78 is 0. The molecule has 0 aliphatic rings. The van der Waals surface area contributed by atoms with Crippen molar-refractivity contribution in [3.8, 4) is 0 Å². The van der Waals surface area contributed by atoms with Gasteiger partial charge in [0.1, 0.15) is 0 Å². The number of nitrogens with one attached hydrogen (secondary N) is 1. The summed E-state index contributed by atoms with van der Waals surface area (Å²) >= 11 is 0. The van der Waals surface area contributed by atoms with Gasteiger partial charge in [-0.2, -0.15) is 0 Å². The highest BCUT2D eigenvalue weighted by Crippen LogP contribution is 2.17. The van der Waals surface area contributed by atoms with E-state index in [0.717, 1.165) is 11.3 Å². The third kappa shape index (κ3) is 3.28. The van der Waals surface area contributed by atoms with Gasteiger partial charge in [0.25, 0.3) is 0 Å². The fourth-order valence-electron chi connectivity index (χ4n) is 1.34. The highest BCUT2D eigenvalue weighted by molar-refractivity contribution is 5.62. The molecule has 0 aromatic heterocycles. The zero-order valence-electron chi connectivity index (χ0n) is 9.75. The summed E-state index contributed by atoms with van der Waals surface area (Å²) in [6.07, 6.45) is 3.84. The number of hydrogen-bond acceptors (Lipinski definition) is 1. The minimum absolute atomic E-state index is 0.579. The van der Waals surface area contributed by atoms with Crippen LogP contribution in [0, 0.1) is 0 Å². The zero-order valence-corrected chi connectivity index (χ0v) is 9.75. The van der Waals surface area contributed by atoms with Gasteiger partial charge < -0.3 is 5.32 Å². The second kappa shape index (κ2) is 5.40. The Kier molecular flexibility index (Phi) is 4.17. The molecule has 1 nitrogen and oxygen atoms in total. The van der Waals surface area contributed by atoms with Crippen LogP contribution in [-0.2, 0) is 0 Å². The van der Waals surface area contributed by atoms with Crippen LogP contribution >= 0.6 is 0 Å². The molecule has 0 aliphatic carbocycles. The lowest BCUT2D eigenvalue weighted by Crippen LogP contribution is -2.01. The summed E-state index contributed by atoms with van der Waals surface area (Å²) in [5, 5.41) is 3.12. The maximum absolute atomic E-state index is 3.97. The summed E-state index contributed by atoms with van der Waals surface area (Å²) in [5.74, 6) is 0.579. The summed E-state index contributed by atoms with van der Waals surface area (Å²) in [7, 11) is 0. The average Bonchev–Trinajstić information content (AvgIpc) is 2.26. The lowest BCUT2D eigenvalue weighted by molar-refractivity contribution is 0.866. The van der Waals surface area contributed by atoms with Gasteiger partial charge >= 0.3 is 0 Å². The van der Waals surface area contributed by atoms with Crippen LogP contribution in [0.3, 0.4) is 0 Å². The molecule has 0 radical (unpaired) electrons. The average molecular weight is 201 g/mol. The van der Waals surface area contributed by atoms with Gasteiger partial charge in [-0.25, -0.2) is 0 Å². The Morgan fingerprint density at radius 1 is 1.27 bits per heavy atom. The van der Waals surface area contributed by atoms with E-state index in [1.165, 1.54) is 5.56 Å². The topological polar surface area (TPSA) is 12.0 Å². The van der Waals surface area contributed by atoms with Gasteiger partial charge in [0.2, 0.25) is 0 Å². The predicted octanol–water partition coefficient (Wildman–Crippen LogP) is 3.90. The first kappa shape index (κ1) is 11.6. The molecule has 0 amide bonds. The second-order valence-electron chi connectivity index (χ2n) is 3.90. The van der Waals surface area contributed by atoms with Crippen molar-refractivity contribution in [2.75, 3.05) is 0 Å². The highest BCUT2D eigenvalue weighted by atomic mass is 14.8. The summed E-state index contributed by atoms with van der Waals surface area (Å²) in [5.41, 5.74) is 3.43. The van der Waals surface area contributed by atoms with Crippen LogP contribution in [-0.4, -0.2) is 0 Å². The second-order valence-corrected chi connectivity index (χ2v) is 3.90. The summed E-state index contributed by atoms with van der Waals surface area (Å²) in [4.78, 5) is 0. The van der Waals surface area contributed by atoms with Crippen LogP contribution in [0.5, 0.6) is 0 Å². The van der Waals surface area contributed by atoms with E-state index in [1.807, 2.05) is 19.2 Å². The molecule has 0 saturated heterocycles. The lowest BCUT2D eigenvalue weighted by atomic mass is 10.0. The van der Waals surface area contributed by atoms with E-state index in [-0.39, 0.29) is 0 Å². The van der Waals surface area contributed by atoms with Crippen LogP contribution < -0.4 is 5.32 Å². The van der Waals surface area contributed by atoms with Crippen LogP contribution in [0.1, 0.15) is 37.8 Å². The molecule has 1 aromatic rings. The Labute approximate surface area is 92.5 Å². The minimum Gasteiger partial charge on any atom is -0.362 e. The molecule has 0 bridgehead atoms. The Morgan fingerprint density at radius 2 is 1.87 bits per heavy atom. The number of rotatable bonds is 4. The predicted molar refractivity (Wildman–Crippen MR) is 67.5 cm³/mol. The standard InChI is InChI=1S/C14H19N/c1-5-10-15-12(4)14-8-6-13(7-9-14)11(2)3/h5-11,15H,4H2,1-3H3/b10-5-. The lowest BCUT2D eigenvalue weighted by Gasteiger charge is -2.08. The molecule has 1 heteroatoms. The van der Waals surface area contributed by atoms with Crippen molar-refractivity contribution in [1.82, 2.24) is 5.32 Å². The van der Waals surface area contributed by atoms with Gasteiger partial charge in [-0.05, 0) is 30.2 Å². The maximum atomic E-state index is 3.97. The van der Waals surface area contributed by atoms with Crippen molar-refractivity contribution >= 4 is 5.70 Å². The first-order valence-electron chi connectivity index (χ1n) is 5.32. The van der Waals surface area contributed by atoms with Crippen molar-refractivity contribution in [1.29, 1.82) is 0 Å². The molecule has 1 N–H and O–H groups in total. The first-order chi connectivity index (χ1) is 7.15. The molecule has 0 saturated carbocycles. The zero-order chi connectivity index (χ0) is 11.3. The Bertz CT molecular complexity index is 344. The normalized spacial score (nSPS) is 10.9. The third-order valence-electron chi connectivity index (χ3n) is 2.35. The Morgan fingerprint density at radius 3 is 2.33 bits per heavy atom. The largest absolute Gasteiger partial charge is 0.362 e. The molecule has 0 unspecified atom stereocenters. The van der Waals surface area contributed by atoms with E-state index in [0.29, 0.717) is 5.92 Å². The van der Waals surface area contributed by atoms with Crippen LogP contribution in [0.2, 0.25) is 0 Å². The molecule has 80 valence electrons. The summed E-state index contributed by atoms with van der Waals surface area (Å²) in [6, 6.07) is 8.52. The van der Waals surface area contributed by atoms with E-state index in [1.54, 1.807) is 0 Å². The highest BCUT2D eigenvalue weighted by Gasteiger charge is 2.00. The number of hydrogen-bond donors (Lipinski definition) is 1. The van der Waals surface area contributed by atoms with Crippen LogP contribution in [0.25, 0.3) is 5.70 Å². The molecular formula is C14H19N. The fraction of sp³-hybridized carbons (Fsp3) is 0.286. The van der Waals surface area contributed by atoms with E-state index in [9.17, 15) is 0 Å². The SMILES string of the molecule is C=C(N/C=C\C)c1ccc(C(C)C)cc1. The van der Waals surface area contributed by atoms with Crippen molar-refractivity contribution in [2.45, 2.75) is 26.7 Å². The molecule has 1 rings (SSSR count). The Hall–Kier alpha value is -1.50. The molecule has 0 fully saturated rings. The van der Waals surface area contributed by atoms with Crippen LogP contribution in [0.15, 0.2) is 43.1 Å². The molecule has 1 aromatic carbocycles. The molecule has 0 aliphatic heterocycles. The molecule has 15 heavy (non-hydrogen) atoms. The van der Waals surface area contributed by atoms with E-state index in [2.05, 4.69) is 50.0 Å². The quantitative estimate of drug-likeness (QED) is 0.779. The van der Waals surface area contributed by atoms with E-state index in [4.69, 9.17) is 0 Å². The van der Waals surface area contributed by atoms with Crippen molar-refractivity contribution in [2.24, 2.45) is 0 Å². The molecule has 0 heterocycles. The first-order valence-corrected chi connectivity index (χ1v) is 5.32. The van der Waals surface area contributed by atoms with E-state index < -0.39 is 0 Å². The molecule has 0 spiro atoms. The number of benzene rings is 1. The third-order valence-corrected chi connectivity index (χ3v) is 2.35. The van der Waals surface area contributed by atoms with Crippen LogP contribution in [0.4, 0.5) is 0 Å². The van der Waals surface area contributed by atoms with Gasteiger partial charge in [0.15, 0.2) is 0 Å².